The average Bonchev–Trinajstić information content (AvgIpc) is 3.16. The van der Waals surface area contributed by atoms with Crippen LogP contribution in [-0.4, -0.2) is 23.9 Å². The molecule has 1 aliphatic rings. The third-order valence-electron chi connectivity index (χ3n) is 4.25. The van der Waals surface area contributed by atoms with Gasteiger partial charge in [-0.2, -0.15) is 5.10 Å². The maximum Gasteiger partial charge on any atom is 0.273 e. The van der Waals surface area contributed by atoms with Crippen LogP contribution in [0.5, 0.6) is 11.5 Å². The van der Waals surface area contributed by atoms with Gasteiger partial charge in [0.25, 0.3) is 5.91 Å². The lowest BCUT2D eigenvalue weighted by Gasteiger charge is -2.07. The minimum Gasteiger partial charge on any atom is -0.454 e. The normalized spacial score (nSPS) is 12.4. The van der Waals surface area contributed by atoms with Gasteiger partial charge in [-0.15, -0.1) is 0 Å². The Labute approximate surface area is 166 Å². The van der Waals surface area contributed by atoms with Gasteiger partial charge in [-0.05, 0) is 55.0 Å². The molecule has 3 aromatic rings. The molecule has 0 aliphatic carbocycles. The second kappa shape index (κ2) is 7.70. The Morgan fingerprint density at radius 3 is 2.68 bits per heavy atom. The predicted octanol–water partition coefficient (Wildman–Crippen LogP) is 4.20. The Morgan fingerprint density at radius 2 is 1.89 bits per heavy atom. The second-order valence-corrected chi connectivity index (χ2v) is 6.58. The van der Waals surface area contributed by atoms with Crippen molar-refractivity contribution in [3.63, 3.8) is 0 Å². The number of hydrogen-bond donors (Lipinski definition) is 1. The maximum absolute atomic E-state index is 12.4. The number of carbonyl (C=O) groups excluding carboxylic acids is 1. The molecule has 4 rings (SSSR count). The number of rotatable bonds is 4. The van der Waals surface area contributed by atoms with Crippen molar-refractivity contribution >= 4 is 23.7 Å². The van der Waals surface area contributed by atoms with E-state index in [2.05, 4.69) is 15.5 Å². The molecule has 0 saturated heterocycles. The van der Waals surface area contributed by atoms with Gasteiger partial charge >= 0.3 is 0 Å². The van der Waals surface area contributed by atoms with Gasteiger partial charge in [0, 0.05) is 10.6 Å². The van der Waals surface area contributed by atoms with E-state index in [1.165, 1.54) is 0 Å². The van der Waals surface area contributed by atoms with Gasteiger partial charge in [-0.25, -0.2) is 5.43 Å². The molecule has 1 aromatic heterocycles. The summed E-state index contributed by atoms with van der Waals surface area (Å²) in [6.45, 7) is 2.00. The van der Waals surface area contributed by atoms with E-state index in [9.17, 15) is 4.79 Å². The molecule has 6 nitrogen and oxygen atoms in total. The number of nitrogens with zero attached hydrogens (tertiary/aromatic N) is 2. The number of hydrogen-bond acceptors (Lipinski definition) is 5. The van der Waals surface area contributed by atoms with Crippen molar-refractivity contribution < 1.29 is 14.3 Å². The zero-order valence-electron chi connectivity index (χ0n) is 15.0. The summed E-state index contributed by atoms with van der Waals surface area (Å²) in [6, 6.07) is 16.3. The number of pyridine rings is 1. The number of benzene rings is 2. The monoisotopic (exact) mass is 393 g/mol. The number of aromatic nitrogens is 1. The molecule has 7 heteroatoms. The van der Waals surface area contributed by atoms with Crippen molar-refractivity contribution in [3.05, 3.63) is 76.4 Å². The summed E-state index contributed by atoms with van der Waals surface area (Å²) >= 11 is 5.92. The van der Waals surface area contributed by atoms with E-state index in [0.29, 0.717) is 27.8 Å². The highest BCUT2D eigenvalue weighted by Gasteiger charge is 2.13. The Morgan fingerprint density at radius 1 is 1.11 bits per heavy atom. The maximum atomic E-state index is 12.4. The number of carbonyl (C=O) groups is 1. The fraction of sp³-hybridized carbons (Fsp3) is 0.0952. The van der Waals surface area contributed by atoms with Crippen LogP contribution in [0.4, 0.5) is 0 Å². The second-order valence-electron chi connectivity index (χ2n) is 6.15. The van der Waals surface area contributed by atoms with Crippen molar-refractivity contribution in [2.75, 3.05) is 6.79 Å². The van der Waals surface area contributed by atoms with Gasteiger partial charge in [0.05, 0.1) is 23.2 Å². The molecule has 0 fully saturated rings. The first kappa shape index (κ1) is 18.0. The van der Waals surface area contributed by atoms with E-state index in [1.807, 2.05) is 18.2 Å². The van der Waals surface area contributed by atoms with E-state index < -0.39 is 0 Å². The smallest absolute Gasteiger partial charge is 0.273 e. The van der Waals surface area contributed by atoms with Crippen LogP contribution in [0.25, 0.3) is 11.3 Å². The van der Waals surface area contributed by atoms with E-state index in [-0.39, 0.29) is 12.7 Å². The van der Waals surface area contributed by atoms with Crippen LogP contribution >= 0.6 is 11.6 Å². The Balaban J connectivity index is 1.45. The molecule has 0 bridgehead atoms. The molecule has 28 heavy (non-hydrogen) atoms. The summed E-state index contributed by atoms with van der Waals surface area (Å²) in [4.78, 5) is 16.9. The summed E-state index contributed by atoms with van der Waals surface area (Å²) in [5.41, 5.74) is 6.09. The molecular weight excluding hydrogens is 378 g/mol. The third-order valence-corrected chi connectivity index (χ3v) is 4.50. The molecule has 0 unspecified atom stereocenters. The highest BCUT2D eigenvalue weighted by atomic mass is 35.5. The lowest BCUT2D eigenvalue weighted by molar-refractivity contribution is 0.0954. The highest BCUT2D eigenvalue weighted by Crippen LogP contribution is 2.32. The fourth-order valence-electron chi connectivity index (χ4n) is 2.80. The topological polar surface area (TPSA) is 72.8 Å². The van der Waals surface area contributed by atoms with Crippen LogP contribution in [-0.2, 0) is 0 Å². The van der Waals surface area contributed by atoms with Gasteiger partial charge in [-0.3, -0.25) is 9.78 Å². The number of fused-ring (bicyclic) bond motifs is 1. The number of halogens is 1. The summed E-state index contributed by atoms with van der Waals surface area (Å²) in [7, 11) is 0. The van der Waals surface area contributed by atoms with Gasteiger partial charge in [0.1, 0.15) is 0 Å². The summed E-state index contributed by atoms with van der Waals surface area (Å²) in [6.07, 6.45) is 1.55. The van der Waals surface area contributed by atoms with Crippen LogP contribution in [0.2, 0.25) is 5.02 Å². The molecular formula is C21H16ClN3O3. The van der Waals surface area contributed by atoms with Crippen molar-refractivity contribution in [1.29, 1.82) is 0 Å². The molecule has 2 aromatic carbocycles. The Kier molecular flexibility index (Phi) is 4.95. The standard InChI is InChI=1S/C21H16ClN3O3/c1-13-17(7-8-18(24-13)15-3-5-16(22)6-4-15)21(26)25-23-11-14-2-9-19-20(10-14)28-12-27-19/h2-11H,12H2,1H3,(H,25,26). The lowest BCUT2D eigenvalue weighted by atomic mass is 10.1. The zero-order chi connectivity index (χ0) is 19.5. The van der Waals surface area contributed by atoms with Gasteiger partial charge in [-0.1, -0.05) is 23.7 Å². The van der Waals surface area contributed by atoms with Crippen LogP contribution in [0.1, 0.15) is 21.6 Å². The van der Waals surface area contributed by atoms with Crippen molar-refractivity contribution in [1.82, 2.24) is 10.4 Å². The highest BCUT2D eigenvalue weighted by molar-refractivity contribution is 6.30. The molecule has 0 radical (unpaired) electrons. The predicted molar refractivity (Wildman–Crippen MR) is 107 cm³/mol. The molecule has 0 atom stereocenters. The average molecular weight is 394 g/mol. The molecule has 0 saturated carbocycles. The van der Waals surface area contributed by atoms with E-state index in [1.54, 1.807) is 49.5 Å². The van der Waals surface area contributed by atoms with E-state index in [4.69, 9.17) is 21.1 Å². The number of amides is 1. The largest absolute Gasteiger partial charge is 0.454 e. The first-order valence-corrected chi connectivity index (χ1v) is 8.94. The van der Waals surface area contributed by atoms with Crippen LogP contribution < -0.4 is 14.9 Å². The molecule has 2 heterocycles. The molecule has 0 spiro atoms. The minimum atomic E-state index is -0.329. The van der Waals surface area contributed by atoms with Gasteiger partial charge in [0.2, 0.25) is 6.79 Å². The number of aryl methyl sites for hydroxylation is 1. The molecule has 1 N–H and O–H groups in total. The van der Waals surface area contributed by atoms with Crippen molar-refractivity contribution in [2.45, 2.75) is 6.92 Å². The van der Waals surface area contributed by atoms with E-state index in [0.717, 1.165) is 16.8 Å². The summed E-state index contributed by atoms with van der Waals surface area (Å²) in [5.74, 6) is 1.03. The zero-order valence-corrected chi connectivity index (χ0v) is 15.7. The minimum absolute atomic E-state index is 0.213. The SMILES string of the molecule is Cc1nc(-c2ccc(Cl)cc2)ccc1C(=O)NN=Cc1ccc2c(c1)OCO2. The third kappa shape index (κ3) is 3.82. The Hall–Kier alpha value is -3.38. The van der Waals surface area contributed by atoms with E-state index >= 15 is 0 Å². The number of hydrazone groups is 1. The van der Waals surface area contributed by atoms with Crippen molar-refractivity contribution in [2.24, 2.45) is 5.10 Å². The first-order chi connectivity index (χ1) is 13.6. The van der Waals surface area contributed by atoms with Crippen molar-refractivity contribution in [3.8, 4) is 22.8 Å². The summed E-state index contributed by atoms with van der Waals surface area (Å²) < 4.78 is 10.6. The molecule has 1 amide bonds. The lowest BCUT2D eigenvalue weighted by Crippen LogP contribution is -2.19. The number of ether oxygens (including phenoxy) is 2. The quantitative estimate of drug-likeness (QED) is 0.532. The molecule has 1 aliphatic heterocycles. The van der Waals surface area contributed by atoms with Gasteiger partial charge in [0.15, 0.2) is 11.5 Å². The number of nitrogens with one attached hydrogen (secondary N) is 1. The molecule has 140 valence electrons. The van der Waals surface area contributed by atoms with Crippen LogP contribution in [0.3, 0.4) is 0 Å². The fourth-order valence-corrected chi connectivity index (χ4v) is 2.93. The Bertz CT molecular complexity index is 1060. The van der Waals surface area contributed by atoms with Crippen LogP contribution in [0.15, 0.2) is 59.7 Å². The summed E-state index contributed by atoms with van der Waals surface area (Å²) in [5, 5.41) is 4.68. The van der Waals surface area contributed by atoms with Crippen LogP contribution in [0, 0.1) is 6.92 Å². The van der Waals surface area contributed by atoms with Gasteiger partial charge < -0.3 is 9.47 Å². The first-order valence-electron chi connectivity index (χ1n) is 8.57.